The number of nitrogens with two attached hydrogens (primary N) is 1. The number of para-hydroxylation sites is 1. The molecule has 0 aliphatic rings. The van der Waals surface area contributed by atoms with Crippen molar-refractivity contribution in [2.45, 2.75) is 46.1 Å². The van der Waals surface area contributed by atoms with E-state index >= 15 is 0 Å². The second-order valence-electron chi connectivity index (χ2n) is 5.82. The van der Waals surface area contributed by atoms with Crippen LogP contribution in [0.2, 0.25) is 5.02 Å². The molecular weight excluding hydrogens is 286 g/mol. The molecule has 0 bridgehead atoms. The summed E-state index contributed by atoms with van der Waals surface area (Å²) in [6.07, 6.45) is 3.40. The normalized spacial score (nSPS) is 12.8. The molecule has 0 saturated heterocycles. The lowest BCUT2D eigenvalue weighted by atomic mass is 10.0. The molecule has 2 aromatic rings. The van der Waals surface area contributed by atoms with Gasteiger partial charge in [-0.15, -0.1) is 5.10 Å². The second-order valence-corrected chi connectivity index (χ2v) is 6.23. The molecule has 2 N–H and O–H groups in total. The molecule has 0 aliphatic carbocycles. The van der Waals surface area contributed by atoms with E-state index in [4.69, 9.17) is 17.3 Å². The van der Waals surface area contributed by atoms with Crippen molar-refractivity contribution in [2.24, 2.45) is 5.92 Å². The largest absolute Gasteiger partial charge is 0.397 e. The molecule has 2 rings (SSSR count). The van der Waals surface area contributed by atoms with E-state index in [1.807, 2.05) is 16.8 Å². The van der Waals surface area contributed by atoms with Crippen molar-refractivity contribution >= 4 is 17.3 Å². The fraction of sp³-hybridized carbons (Fsp3) is 0.533. The number of rotatable bonds is 6. The highest BCUT2D eigenvalue weighted by molar-refractivity contribution is 6.33. The van der Waals surface area contributed by atoms with Gasteiger partial charge in [0.25, 0.3) is 0 Å². The maximum Gasteiger partial charge on any atom is 0.184 e. The number of halogens is 1. The van der Waals surface area contributed by atoms with Gasteiger partial charge in [-0.1, -0.05) is 44.4 Å². The topological polar surface area (TPSA) is 69.6 Å². The summed E-state index contributed by atoms with van der Waals surface area (Å²) in [6.45, 7) is 6.60. The van der Waals surface area contributed by atoms with E-state index in [-0.39, 0.29) is 6.04 Å². The van der Waals surface area contributed by atoms with Crippen molar-refractivity contribution in [3.63, 3.8) is 0 Å². The molecule has 1 heterocycles. The molecule has 0 amide bonds. The minimum Gasteiger partial charge on any atom is -0.397 e. The fourth-order valence-electron chi connectivity index (χ4n) is 2.34. The van der Waals surface area contributed by atoms with E-state index < -0.39 is 0 Å². The van der Waals surface area contributed by atoms with Crippen LogP contribution in [0.1, 0.15) is 46.1 Å². The second kappa shape index (κ2) is 6.89. The van der Waals surface area contributed by atoms with E-state index in [1.54, 1.807) is 6.07 Å². The Morgan fingerprint density at radius 3 is 2.71 bits per heavy atom. The predicted octanol–water partition coefficient (Wildman–Crippen LogP) is 3.96. The quantitative estimate of drug-likeness (QED) is 0.820. The number of benzene rings is 1. The zero-order chi connectivity index (χ0) is 15.4. The molecule has 0 spiro atoms. The molecular formula is C15H22ClN5. The SMILES string of the molecule is CC(C)CCCC(C)n1nnnc1-c1cccc(Cl)c1N. The highest BCUT2D eigenvalue weighted by atomic mass is 35.5. The number of anilines is 1. The van der Waals surface area contributed by atoms with E-state index in [0.29, 0.717) is 22.5 Å². The van der Waals surface area contributed by atoms with E-state index in [1.165, 1.54) is 6.42 Å². The summed E-state index contributed by atoms with van der Waals surface area (Å²) in [4.78, 5) is 0. The summed E-state index contributed by atoms with van der Waals surface area (Å²) in [5.74, 6) is 1.39. The average Bonchev–Trinajstić information content (AvgIpc) is 2.90. The van der Waals surface area contributed by atoms with Crippen LogP contribution in [0, 0.1) is 5.92 Å². The number of tetrazole rings is 1. The highest BCUT2D eigenvalue weighted by Gasteiger charge is 2.17. The molecule has 1 aromatic heterocycles. The van der Waals surface area contributed by atoms with Crippen LogP contribution < -0.4 is 5.73 Å². The number of aromatic nitrogens is 4. The average molecular weight is 308 g/mol. The van der Waals surface area contributed by atoms with E-state index in [2.05, 4.69) is 36.3 Å². The molecule has 5 nitrogen and oxygen atoms in total. The van der Waals surface area contributed by atoms with Crippen LogP contribution in [-0.4, -0.2) is 20.2 Å². The highest BCUT2D eigenvalue weighted by Crippen LogP contribution is 2.31. The first-order valence-corrected chi connectivity index (χ1v) is 7.70. The van der Waals surface area contributed by atoms with Gasteiger partial charge >= 0.3 is 0 Å². The van der Waals surface area contributed by atoms with Gasteiger partial charge in [0, 0.05) is 5.56 Å². The Labute approximate surface area is 130 Å². The Morgan fingerprint density at radius 2 is 2.00 bits per heavy atom. The summed E-state index contributed by atoms with van der Waals surface area (Å²) in [6, 6.07) is 5.74. The van der Waals surface area contributed by atoms with Gasteiger partial charge in [0.2, 0.25) is 0 Å². The van der Waals surface area contributed by atoms with Crippen LogP contribution in [-0.2, 0) is 0 Å². The number of nitrogen functional groups attached to an aromatic ring is 1. The Morgan fingerprint density at radius 1 is 1.24 bits per heavy atom. The molecule has 6 heteroatoms. The zero-order valence-electron chi connectivity index (χ0n) is 12.8. The lowest BCUT2D eigenvalue weighted by Gasteiger charge is -2.15. The number of hydrogen-bond acceptors (Lipinski definition) is 4. The third kappa shape index (κ3) is 3.73. The summed E-state index contributed by atoms with van der Waals surface area (Å²) >= 11 is 6.08. The van der Waals surface area contributed by atoms with Crippen LogP contribution in [0.25, 0.3) is 11.4 Å². The van der Waals surface area contributed by atoms with Crippen molar-refractivity contribution in [1.82, 2.24) is 20.2 Å². The van der Waals surface area contributed by atoms with E-state index in [0.717, 1.165) is 18.4 Å². The number of nitrogens with zero attached hydrogens (tertiary/aromatic N) is 4. The van der Waals surface area contributed by atoms with Crippen LogP contribution in [0.5, 0.6) is 0 Å². The lowest BCUT2D eigenvalue weighted by molar-refractivity contribution is 0.414. The van der Waals surface area contributed by atoms with Crippen LogP contribution >= 0.6 is 11.6 Å². The van der Waals surface area contributed by atoms with Gasteiger partial charge in [0.15, 0.2) is 5.82 Å². The van der Waals surface area contributed by atoms with Gasteiger partial charge in [-0.2, -0.15) is 0 Å². The minimum atomic E-state index is 0.229. The smallest absolute Gasteiger partial charge is 0.184 e. The van der Waals surface area contributed by atoms with Crippen LogP contribution in [0.3, 0.4) is 0 Å². The third-order valence-electron chi connectivity index (χ3n) is 3.61. The molecule has 0 radical (unpaired) electrons. The number of hydrogen-bond donors (Lipinski definition) is 1. The third-order valence-corrected chi connectivity index (χ3v) is 3.94. The van der Waals surface area contributed by atoms with E-state index in [9.17, 15) is 0 Å². The molecule has 1 unspecified atom stereocenters. The van der Waals surface area contributed by atoms with Gasteiger partial charge in [0.05, 0.1) is 16.8 Å². The maximum absolute atomic E-state index is 6.08. The van der Waals surface area contributed by atoms with Gasteiger partial charge in [0.1, 0.15) is 0 Å². The lowest BCUT2D eigenvalue weighted by Crippen LogP contribution is -2.10. The molecule has 1 aromatic carbocycles. The van der Waals surface area contributed by atoms with Crippen LogP contribution in [0.15, 0.2) is 18.2 Å². The maximum atomic E-state index is 6.08. The fourth-order valence-corrected chi connectivity index (χ4v) is 2.52. The standard InChI is InChI=1S/C15H22ClN5/c1-10(2)6-4-7-11(3)21-15(18-19-20-21)12-8-5-9-13(16)14(12)17/h5,8-11H,4,6-7,17H2,1-3H3. The molecule has 21 heavy (non-hydrogen) atoms. The van der Waals surface area contributed by atoms with Gasteiger partial charge in [-0.05, 0) is 41.8 Å². The molecule has 0 aliphatic heterocycles. The van der Waals surface area contributed by atoms with Crippen molar-refractivity contribution in [2.75, 3.05) is 5.73 Å². The monoisotopic (exact) mass is 307 g/mol. The first-order chi connectivity index (χ1) is 10.0. The van der Waals surface area contributed by atoms with Crippen LogP contribution in [0.4, 0.5) is 5.69 Å². The molecule has 1 atom stereocenters. The Kier molecular flexibility index (Phi) is 5.17. The van der Waals surface area contributed by atoms with Crippen molar-refractivity contribution in [3.8, 4) is 11.4 Å². The molecule has 0 saturated carbocycles. The Hall–Kier alpha value is -1.62. The Balaban J connectivity index is 2.20. The zero-order valence-corrected chi connectivity index (χ0v) is 13.5. The first kappa shape index (κ1) is 15.8. The minimum absolute atomic E-state index is 0.229. The first-order valence-electron chi connectivity index (χ1n) is 7.33. The Bertz CT molecular complexity index is 593. The van der Waals surface area contributed by atoms with Gasteiger partial charge < -0.3 is 5.73 Å². The van der Waals surface area contributed by atoms with Crippen molar-refractivity contribution < 1.29 is 0 Å². The summed E-state index contributed by atoms with van der Waals surface area (Å²) in [7, 11) is 0. The van der Waals surface area contributed by atoms with Gasteiger partial charge in [-0.3, -0.25) is 0 Å². The summed E-state index contributed by atoms with van der Waals surface area (Å²) in [5, 5.41) is 12.6. The van der Waals surface area contributed by atoms with Crippen molar-refractivity contribution in [1.29, 1.82) is 0 Å². The molecule has 0 fully saturated rings. The van der Waals surface area contributed by atoms with Crippen molar-refractivity contribution in [3.05, 3.63) is 23.2 Å². The summed E-state index contributed by atoms with van der Waals surface area (Å²) in [5.41, 5.74) is 7.34. The predicted molar refractivity (Wildman–Crippen MR) is 86.1 cm³/mol. The summed E-state index contributed by atoms with van der Waals surface area (Å²) < 4.78 is 1.84. The van der Waals surface area contributed by atoms with Gasteiger partial charge in [-0.25, -0.2) is 4.68 Å². The molecule has 114 valence electrons.